The fraction of sp³-hybridized carbons (Fsp3) is 0.444. The third kappa shape index (κ3) is 1.05. The van der Waals surface area contributed by atoms with Gasteiger partial charge in [-0.3, -0.25) is 9.59 Å². The summed E-state index contributed by atoms with van der Waals surface area (Å²) in [6.07, 6.45) is 4.04. The molecular weight excluding hydrogens is 184 g/mol. The van der Waals surface area contributed by atoms with Crippen molar-refractivity contribution in [2.45, 2.75) is 19.3 Å². The third-order valence-corrected chi connectivity index (χ3v) is 2.63. The highest BCUT2D eigenvalue weighted by Gasteiger charge is 2.46. The smallest absolute Gasteiger partial charge is 0.328 e. The predicted molar refractivity (Wildman–Crippen MR) is 46.9 cm³/mol. The average Bonchev–Trinajstić information content (AvgIpc) is 2.41. The summed E-state index contributed by atoms with van der Waals surface area (Å²) < 4.78 is 0. The highest BCUT2D eigenvalue weighted by atomic mass is 16.2. The van der Waals surface area contributed by atoms with E-state index in [1.807, 2.05) is 0 Å². The number of amides is 4. The number of nitrogens with zero attached hydrogens (tertiary/aromatic N) is 1. The summed E-state index contributed by atoms with van der Waals surface area (Å²) in [7, 11) is 0. The van der Waals surface area contributed by atoms with Gasteiger partial charge in [-0.25, -0.2) is 4.79 Å². The van der Waals surface area contributed by atoms with Gasteiger partial charge in [0.25, 0.3) is 5.91 Å². The Hall–Kier alpha value is -1.65. The Morgan fingerprint density at radius 3 is 2.79 bits per heavy atom. The monoisotopic (exact) mass is 194 g/mol. The standard InChI is InChI=1S/C9H10N2O3/c10-9(14)11-7(12)5-3-1-2-4-6(5)8(11)13/h3,6H,1-2,4H2,(H2,10,14). The molecule has 0 spiro atoms. The van der Waals surface area contributed by atoms with Crippen LogP contribution in [0.25, 0.3) is 0 Å². The van der Waals surface area contributed by atoms with Gasteiger partial charge in [-0.1, -0.05) is 6.08 Å². The highest BCUT2D eigenvalue weighted by Crippen LogP contribution is 2.33. The van der Waals surface area contributed by atoms with Crippen LogP contribution >= 0.6 is 0 Å². The van der Waals surface area contributed by atoms with E-state index in [-0.39, 0.29) is 0 Å². The summed E-state index contributed by atoms with van der Waals surface area (Å²) in [5, 5.41) is 0. The quantitative estimate of drug-likeness (QED) is 0.558. The van der Waals surface area contributed by atoms with Crippen LogP contribution in [0, 0.1) is 5.92 Å². The van der Waals surface area contributed by atoms with Gasteiger partial charge >= 0.3 is 6.03 Å². The van der Waals surface area contributed by atoms with Crippen LogP contribution < -0.4 is 5.73 Å². The molecule has 1 atom stereocenters. The molecule has 2 aliphatic rings. The van der Waals surface area contributed by atoms with E-state index in [2.05, 4.69) is 0 Å². The molecule has 1 aliphatic heterocycles. The lowest BCUT2D eigenvalue weighted by atomic mass is 9.90. The molecule has 1 fully saturated rings. The van der Waals surface area contributed by atoms with Gasteiger partial charge in [0, 0.05) is 5.57 Å². The highest BCUT2D eigenvalue weighted by molar-refractivity contribution is 6.23. The Labute approximate surface area is 80.5 Å². The SMILES string of the molecule is NC(=O)N1C(=O)C2=CCCCC2C1=O. The second-order valence-corrected chi connectivity index (χ2v) is 3.46. The average molecular weight is 194 g/mol. The molecule has 2 N–H and O–H groups in total. The summed E-state index contributed by atoms with van der Waals surface area (Å²) in [6.45, 7) is 0. The summed E-state index contributed by atoms with van der Waals surface area (Å²) in [6, 6.07) is -0.977. The molecule has 2 rings (SSSR count). The minimum absolute atomic E-state index is 0.427. The van der Waals surface area contributed by atoms with Crippen LogP contribution in [0.5, 0.6) is 0 Å². The molecule has 14 heavy (non-hydrogen) atoms. The number of hydrogen-bond donors (Lipinski definition) is 1. The van der Waals surface area contributed by atoms with E-state index in [1.54, 1.807) is 6.08 Å². The number of imide groups is 3. The molecule has 0 radical (unpaired) electrons. The first kappa shape index (κ1) is 8.93. The van der Waals surface area contributed by atoms with Crippen molar-refractivity contribution in [1.29, 1.82) is 0 Å². The third-order valence-electron chi connectivity index (χ3n) is 2.63. The number of likely N-dealkylation sites (tertiary alicyclic amines) is 1. The molecular formula is C9H10N2O3. The van der Waals surface area contributed by atoms with Crippen LogP contribution in [-0.2, 0) is 9.59 Å². The number of carbonyl (C=O) groups is 3. The van der Waals surface area contributed by atoms with Gasteiger partial charge in [-0.05, 0) is 19.3 Å². The van der Waals surface area contributed by atoms with Crippen molar-refractivity contribution in [3.8, 4) is 0 Å². The molecule has 0 bridgehead atoms. The van der Waals surface area contributed by atoms with Crippen LogP contribution in [0.3, 0.4) is 0 Å². The van der Waals surface area contributed by atoms with Crippen molar-refractivity contribution in [2.75, 3.05) is 0 Å². The number of primary amides is 1. The van der Waals surface area contributed by atoms with Gasteiger partial charge in [0.2, 0.25) is 5.91 Å². The van der Waals surface area contributed by atoms with Crippen LogP contribution in [-0.4, -0.2) is 22.7 Å². The van der Waals surface area contributed by atoms with Crippen molar-refractivity contribution in [3.63, 3.8) is 0 Å². The maximum atomic E-state index is 11.6. The van der Waals surface area contributed by atoms with E-state index in [9.17, 15) is 14.4 Å². The summed E-state index contributed by atoms with van der Waals surface area (Å²) in [5.41, 5.74) is 5.40. The van der Waals surface area contributed by atoms with Crippen molar-refractivity contribution in [1.82, 2.24) is 4.90 Å². The van der Waals surface area contributed by atoms with E-state index >= 15 is 0 Å². The summed E-state index contributed by atoms with van der Waals surface area (Å²) >= 11 is 0. The summed E-state index contributed by atoms with van der Waals surface area (Å²) in [4.78, 5) is 34.5. The molecule has 1 heterocycles. The minimum Gasteiger partial charge on any atom is -0.351 e. The van der Waals surface area contributed by atoms with E-state index in [0.717, 1.165) is 12.8 Å². The maximum absolute atomic E-state index is 11.6. The first-order valence-corrected chi connectivity index (χ1v) is 4.50. The van der Waals surface area contributed by atoms with E-state index in [4.69, 9.17) is 5.73 Å². The Morgan fingerprint density at radius 2 is 2.21 bits per heavy atom. The number of rotatable bonds is 0. The lowest BCUT2D eigenvalue weighted by Gasteiger charge is -2.11. The van der Waals surface area contributed by atoms with Gasteiger partial charge in [0.15, 0.2) is 0 Å². The minimum atomic E-state index is -0.977. The first-order chi connectivity index (χ1) is 6.63. The van der Waals surface area contributed by atoms with Crippen LogP contribution in [0.1, 0.15) is 19.3 Å². The van der Waals surface area contributed by atoms with Gasteiger partial charge < -0.3 is 5.73 Å². The second kappa shape index (κ2) is 2.94. The number of carbonyl (C=O) groups excluding carboxylic acids is 3. The zero-order chi connectivity index (χ0) is 10.3. The lowest BCUT2D eigenvalue weighted by molar-refractivity contribution is -0.135. The van der Waals surface area contributed by atoms with Crippen LogP contribution in [0.2, 0.25) is 0 Å². The lowest BCUT2D eigenvalue weighted by Crippen LogP contribution is -2.40. The van der Waals surface area contributed by atoms with E-state index in [1.165, 1.54) is 0 Å². The second-order valence-electron chi connectivity index (χ2n) is 3.46. The Bertz CT molecular complexity index is 359. The number of allylic oxidation sites excluding steroid dienone is 1. The van der Waals surface area contributed by atoms with Crippen molar-refractivity contribution < 1.29 is 14.4 Å². The van der Waals surface area contributed by atoms with Crippen LogP contribution in [0.4, 0.5) is 4.79 Å². The molecule has 4 amide bonds. The Kier molecular flexibility index (Phi) is 1.87. The van der Waals surface area contributed by atoms with Crippen molar-refractivity contribution in [3.05, 3.63) is 11.6 Å². The van der Waals surface area contributed by atoms with Gasteiger partial charge in [-0.15, -0.1) is 0 Å². The zero-order valence-electron chi connectivity index (χ0n) is 7.53. The Balaban J connectivity index is 2.40. The fourth-order valence-corrected chi connectivity index (χ4v) is 1.96. The van der Waals surface area contributed by atoms with Gasteiger partial charge in [0.1, 0.15) is 0 Å². The number of fused-ring (bicyclic) bond motifs is 1. The molecule has 0 aromatic heterocycles. The largest absolute Gasteiger partial charge is 0.351 e. The first-order valence-electron chi connectivity index (χ1n) is 4.50. The van der Waals surface area contributed by atoms with E-state index < -0.39 is 23.8 Å². The molecule has 1 aliphatic carbocycles. The van der Waals surface area contributed by atoms with E-state index in [0.29, 0.717) is 16.9 Å². The molecule has 1 unspecified atom stereocenters. The molecule has 5 nitrogen and oxygen atoms in total. The number of urea groups is 1. The van der Waals surface area contributed by atoms with Gasteiger partial charge in [-0.2, -0.15) is 4.90 Å². The molecule has 5 heteroatoms. The maximum Gasteiger partial charge on any atom is 0.328 e. The predicted octanol–water partition coefficient (Wildman–Crippen LogP) is 0.160. The molecule has 1 saturated heterocycles. The Morgan fingerprint density at radius 1 is 1.50 bits per heavy atom. The molecule has 0 aromatic carbocycles. The topological polar surface area (TPSA) is 80.5 Å². The summed E-state index contributed by atoms with van der Waals surface area (Å²) in [5.74, 6) is -1.43. The zero-order valence-corrected chi connectivity index (χ0v) is 7.53. The van der Waals surface area contributed by atoms with Crippen molar-refractivity contribution in [2.24, 2.45) is 11.7 Å². The normalized spacial score (nSPS) is 26.1. The van der Waals surface area contributed by atoms with Gasteiger partial charge in [0.05, 0.1) is 5.92 Å². The molecule has 74 valence electrons. The van der Waals surface area contributed by atoms with Crippen molar-refractivity contribution >= 4 is 17.8 Å². The molecule has 0 saturated carbocycles. The molecule has 0 aromatic rings. The van der Waals surface area contributed by atoms with Crippen LogP contribution in [0.15, 0.2) is 11.6 Å². The number of hydrogen-bond acceptors (Lipinski definition) is 3. The number of nitrogens with two attached hydrogens (primary N) is 1. The fourth-order valence-electron chi connectivity index (χ4n) is 1.96.